The summed E-state index contributed by atoms with van der Waals surface area (Å²) < 4.78 is 0. The monoisotopic (exact) mass is 185 g/mol. The first kappa shape index (κ1) is 11.4. The summed E-state index contributed by atoms with van der Waals surface area (Å²) in [5.74, 6) is -2.38. The fraction of sp³-hybridized carbons (Fsp3) is 0.250. The Kier molecular flexibility index (Phi) is 3.87. The predicted octanol–water partition coefficient (Wildman–Crippen LogP) is -0.144. The zero-order chi connectivity index (χ0) is 10.5. The van der Waals surface area contributed by atoms with Gasteiger partial charge in [-0.15, -0.1) is 13.2 Å². The molecule has 0 radical (unpaired) electrons. The van der Waals surface area contributed by atoms with Crippen LogP contribution < -0.4 is 5.32 Å². The number of carboxylic acids is 2. The number of aliphatic carboxylic acids is 2. The Morgan fingerprint density at radius 2 is 1.77 bits per heavy atom. The molecule has 0 aliphatic heterocycles. The Hall–Kier alpha value is -1.62. The van der Waals surface area contributed by atoms with Crippen LogP contribution in [-0.2, 0) is 9.59 Å². The molecule has 0 aromatic rings. The van der Waals surface area contributed by atoms with Crippen molar-refractivity contribution < 1.29 is 19.8 Å². The van der Waals surface area contributed by atoms with Crippen LogP contribution in [0.2, 0.25) is 0 Å². The number of rotatable bonds is 6. The average Bonchev–Trinajstić information content (AvgIpc) is 2.06. The SMILES string of the molecule is C=CC(C=C)(NCC(=O)O)C(=O)O. The zero-order valence-corrected chi connectivity index (χ0v) is 6.99. The van der Waals surface area contributed by atoms with E-state index < -0.39 is 24.0 Å². The van der Waals surface area contributed by atoms with E-state index in [1.54, 1.807) is 0 Å². The molecule has 72 valence electrons. The molecule has 0 heterocycles. The van der Waals surface area contributed by atoms with E-state index in [9.17, 15) is 9.59 Å². The average molecular weight is 185 g/mol. The molecule has 0 aromatic carbocycles. The molecule has 5 heteroatoms. The van der Waals surface area contributed by atoms with Gasteiger partial charge in [0.15, 0.2) is 5.54 Å². The van der Waals surface area contributed by atoms with Crippen molar-refractivity contribution in [1.29, 1.82) is 0 Å². The van der Waals surface area contributed by atoms with E-state index in [4.69, 9.17) is 10.2 Å². The first-order valence-electron chi connectivity index (χ1n) is 3.46. The van der Waals surface area contributed by atoms with Gasteiger partial charge in [-0.2, -0.15) is 0 Å². The Morgan fingerprint density at radius 1 is 1.31 bits per heavy atom. The standard InChI is InChI=1S/C8H11NO4/c1-3-8(4-2,7(12)13)9-5-6(10)11/h3-4,9H,1-2,5H2,(H,10,11)(H,12,13). The fourth-order valence-electron chi connectivity index (χ4n) is 0.700. The maximum absolute atomic E-state index is 10.7. The molecule has 0 unspecified atom stereocenters. The predicted molar refractivity (Wildman–Crippen MR) is 46.4 cm³/mol. The minimum absolute atomic E-state index is 0.468. The zero-order valence-electron chi connectivity index (χ0n) is 6.99. The molecule has 0 amide bonds. The van der Waals surface area contributed by atoms with Crippen LogP contribution in [0, 0.1) is 0 Å². The summed E-state index contributed by atoms with van der Waals surface area (Å²) in [7, 11) is 0. The summed E-state index contributed by atoms with van der Waals surface area (Å²) in [4.78, 5) is 20.9. The molecular weight excluding hydrogens is 174 g/mol. The molecule has 0 atom stereocenters. The smallest absolute Gasteiger partial charge is 0.331 e. The highest BCUT2D eigenvalue weighted by molar-refractivity contribution is 5.85. The summed E-state index contributed by atoms with van der Waals surface area (Å²) >= 11 is 0. The lowest BCUT2D eigenvalue weighted by molar-refractivity contribution is -0.141. The first-order valence-corrected chi connectivity index (χ1v) is 3.46. The van der Waals surface area contributed by atoms with Crippen molar-refractivity contribution in [2.24, 2.45) is 0 Å². The number of hydrogen-bond acceptors (Lipinski definition) is 3. The lowest BCUT2D eigenvalue weighted by Gasteiger charge is -2.21. The van der Waals surface area contributed by atoms with E-state index in [1.165, 1.54) is 0 Å². The second-order valence-electron chi connectivity index (χ2n) is 2.33. The number of carboxylic acid groups (broad SMARTS) is 2. The third kappa shape index (κ3) is 2.72. The van der Waals surface area contributed by atoms with Crippen molar-refractivity contribution in [3.63, 3.8) is 0 Å². The van der Waals surface area contributed by atoms with Gasteiger partial charge in [0.2, 0.25) is 0 Å². The van der Waals surface area contributed by atoms with Crippen LogP contribution in [0.4, 0.5) is 0 Å². The van der Waals surface area contributed by atoms with E-state index in [-0.39, 0.29) is 0 Å². The number of carbonyl (C=O) groups is 2. The highest BCUT2D eigenvalue weighted by atomic mass is 16.4. The number of nitrogens with one attached hydrogen (secondary N) is 1. The van der Waals surface area contributed by atoms with Gasteiger partial charge in [-0.3, -0.25) is 10.1 Å². The molecular formula is C8H11NO4. The molecule has 0 saturated carbocycles. The molecule has 0 bridgehead atoms. The summed E-state index contributed by atoms with van der Waals surface area (Å²) in [6, 6.07) is 0. The molecule has 0 fully saturated rings. The van der Waals surface area contributed by atoms with Crippen LogP contribution in [0.3, 0.4) is 0 Å². The summed E-state index contributed by atoms with van der Waals surface area (Å²) in [6.07, 6.45) is 2.18. The molecule has 0 aromatic heterocycles. The van der Waals surface area contributed by atoms with Gasteiger partial charge in [-0.1, -0.05) is 12.2 Å². The molecule has 0 aliphatic rings. The van der Waals surface area contributed by atoms with Crippen LogP contribution in [0.15, 0.2) is 25.3 Å². The van der Waals surface area contributed by atoms with Gasteiger partial charge in [-0.25, -0.2) is 4.79 Å². The first-order chi connectivity index (χ1) is 5.98. The molecule has 0 rings (SSSR count). The Balaban J connectivity index is 4.58. The van der Waals surface area contributed by atoms with Gasteiger partial charge >= 0.3 is 11.9 Å². The van der Waals surface area contributed by atoms with Gasteiger partial charge in [0.05, 0.1) is 6.54 Å². The normalized spacial score (nSPS) is 10.5. The Labute approximate surface area is 75.4 Å². The lowest BCUT2D eigenvalue weighted by atomic mass is 10.0. The van der Waals surface area contributed by atoms with Crippen molar-refractivity contribution >= 4 is 11.9 Å². The summed E-state index contributed by atoms with van der Waals surface area (Å²) in [6.45, 7) is 6.12. The minimum atomic E-state index is -1.57. The second kappa shape index (κ2) is 4.42. The van der Waals surface area contributed by atoms with Crippen LogP contribution in [0.1, 0.15) is 0 Å². The molecule has 0 saturated heterocycles. The van der Waals surface area contributed by atoms with Gasteiger partial charge < -0.3 is 10.2 Å². The van der Waals surface area contributed by atoms with Gasteiger partial charge in [0.1, 0.15) is 0 Å². The Bertz CT molecular complexity index is 239. The van der Waals surface area contributed by atoms with Crippen LogP contribution >= 0.6 is 0 Å². The van der Waals surface area contributed by atoms with Crippen LogP contribution in [0.5, 0.6) is 0 Å². The topological polar surface area (TPSA) is 86.6 Å². The van der Waals surface area contributed by atoms with Gasteiger partial charge in [0, 0.05) is 0 Å². The maximum Gasteiger partial charge on any atom is 0.331 e. The molecule has 5 nitrogen and oxygen atoms in total. The quantitative estimate of drug-likeness (QED) is 0.501. The third-order valence-electron chi connectivity index (χ3n) is 1.53. The highest BCUT2D eigenvalue weighted by Crippen LogP contribution is 2.07. The van der Waals surface area contributed by atoms with E-state index in [0.29, 0.717) is 0 Å². The third-order valence-corrected chi connectivity index (χ3v) is 1.53. The molecule has 3 N–H and O–H groups in total. The fourth-order valence-corrected chi connectivity index (χ4v) is 0.700. The van der Waals surface area contributed by atoms with E-state index >= 15 is 0 Å². The van der Waals surface area contributed by atoms with Crippen molar-refractivity contribution in [1.82, 2.24) is 5.32 Å². The second-order valence-corrected chi connectivity index (χ2v) is 2.33. The summed E-state index contributed by atoms with van der Waals surface area (Å²) in [5, 5.41) is 19.4. The van der Waals surface area contributed by atoms with E-state index in [1.807, 2.05) is 0 Å². The molecule has 0 spiro atoms. The van der Waals surface area contributed by atoms with E-state index in [2.05, 4.69) is 18.5 Å². The van der Waals surface area contributed by atoms with Gasteiger partial charge in [0.25, 0.3) is 0 Å². The van der Waals surface area contributed by atoms with Crippen molar-refractivity contribution in [2.75, 3.05) is 6.54 Å². The maximum atomic E-state index is 10.7. The largest absolute Gasteiger partial charge is 0.480 e. The van der Waals surface area contributed by atoms with Crippen molar-refractivity contribution in [3.8, 4) is 0 Å². The summed E-state index contributed by atoms with van der Waals surface area (Å²) in [5.41, 5.74) is -1.57. The van der Waals surface area contributed by atoms with Crippen molar-refractivity contribution in [3.05, 3.63) is 25.3 Å². The van der Waals surface area contributed by atoms with Gasteiger partial charge in [-0.05, 0) is 0 Å². The Morgan fingerprint density at radius 3 is 2.00 bits per heavy atom. The van der Waals surface area contributed by atoms with Crippen LogP contribution in [-0.4, -0.2) is 34.2 Å². The van der Waals surface area contributed by atoms with E-state index in [0.717, 1.165) is 12.2 Å². The number of hydrogen-bond donors (Lipinski definition) is 3. The lowest BCUT2D eigenvalue weighted by Crippen LogP contribution is -2.50. The van der Waals surface area contributed by atoms with Crippen molar-refractivity contribution in [2.45, 2.75) is 5.54 Å². The molecule has 13 heavy (non-hydrogen) atoms. The highest BCUT2D eigenvalue weighted by Gasteiger charge is 2.31. The molecule has 0 aliphatic carbocycles. The van der Waals surface area contributed by atoms with Crippen LogP contribution in [0.25, 0.3) is 0 Å². The minimum Gasteiger partial charge on any atom is -0.480 e.